The Hall–Kier alpha value is -1.92. The first-order chi connectivity index (χ1) is 6.43. The molecule has 62 valence electrons. The van der Waals surface area contributed by atoms with Crippen molar-refractivity contribution in [2.45, 2.75) is 6.92 Å². The van der Waals surface area contributed by atoms with Gasteiger partial charge in [0.15, 0.2) is 0 Å². The molecule has 0 atom stereocenters. The van der Waals surface area contributed by atoms with Gasteiger partial charge in [-0.15, -0.1) is 0 Å². The van der Waals surface area contributed by atoms with E-state index in [9.17, 15) is 0 Å². The van der Waals surface area contributed by atoms with E-state index in [1.54, 1.807) is 6.08 Å². The van der Waals surface area contributed by atoms with Crippen molar-refractivity contribution in [1.29, 1.82) is 0 Å². The van der Waals surface area contributed by atoms with Gasteiger partial charge < -0.3 is 0 Å². The zero-order valence-corrected chi connectivity index (χ0v) is 7.54. The maximum absolute atomic E-state index is 2.95. The van der Waals surface area contributed by atoms with E-state index in [0.717, 1.165) is 5.56 Å². The molecule has 1 rings (SSSR count). The smallest absolute Gasteiger partial charge is 0.0255 e. The maximum atomic E-state index is 2.95. The molecule has 0 saturated carbocycles. The molecule has 0 aromatic heterocycles. The van der Waals surface area contributed by atoms with E-state index in [-0.39, 0.29) is 0 Å². The summed E-state index contributed by atoms with van der Waals surface area (Å²) in [5.41, 5.74) is 0.997. The van der Waals surface area contributed by atoms with Crippen LogP contribution in [0.25, 0.3) is 0 Å². The van der Waals surface area contributed by atoms with Gasteiger partial charge in [-0.05, 0) is 37.0 Å². The Bertz CT molecular complexity index is 388. The first-order valence-electron chi connectivity index (χ1n) is 4.11. The second kappa shape index (κ2) is 5.70. The van der Waals surface area contributed by atoms with Crippen molar-refractivity contribution in [1.82, 2.24) is 0 Å². The zero-order chi connectivity index (χ0) is 9.36. The summed E-state index contributed by atoms with van der Waals surface area (Å²) in [6.07, 6.45) is 3.66. The van der Waals surface area contributed by atoms with Crippen molar-refractivity contribution in [2.75, 3.05) is 0 Å². The van der Waals surface area contributed by atoms with Crippen LogP contribution in [0.4, 0.5) is 0 Å². The molecule has 0 saturated heterocycles. The van der Waals surface area contributed by atoms with Crippen molar-refractivity contribution < 1.29 is 0 Å². The van der Waals surface area contributed by atoms with Crippen molar-refractivity contribution in [3.05, 3.63) is 48.0 Å². The normalized spacial score (nSPS) is 8.38. The molecule has 0 aliphatic carbocycles. The van der Waals surface area contributed by atoms with Crippen molar-refractivity contribution in [3.8, 4) is 23.7 Å². The molecule has 0 nitrogen and oxygen atoms in total. The lowest BCUT2D eigenvalue weighted by atomic mass is 10.2. The van der Waals surface area contributed by atoms with Crippen LogP contribution in [0.5, 0.6) is 0 Å². The summed E-state index contributed by atoms with van der Waals surface area (Å²) in [4.78, 5) is 0. The van der Waals surface area contributed by atoms with Crippen LogP contribution in [0.1, 0.15) is 12.5 Å². The summed E-state index contributed by atoms with van der Waals surface area (Å²) in [5, 5.41) is 0. The monoisotopic (exact) mass is 166 g/mol. The number of benzene rings is 1. The Morgan fingerprint density at radius 3 is 2.54 bits per heavy atom. The van der Waals surface area contributed by atoms with Gasteiger partial charge in [0.25, 0.3) is 0 Å². The minimum Gasteiger partial charge on any atom is -0.0792 e. The summed E-state index contributed by atoms with van der Waals surface area (Å²) in [7, 11) is 0. The zero-order valence-electron chi connectivity index (χ0n) is 7.54. The van der Waals surface area contributed by atoms with Gasteiger partial charge in [0.2, 0.25) is 0 Å². The van der Waals surface area contributed by atoms with Crippen molar-refractivity contribution >= 4 is 0 Å². The molecule has 0 aliphatic heterocycles. The molecule has 0 N–H and O–H groups in total. The lowest BCUT2D eigenvalue weighted by Gasteiger charge is -1.83. The highest BCUT2D eigenvalue weighted by Gasteiger charge is 1.78. The molecule has 0 heterocycles. The molecule has 0 bridgehead atoms. The van der Waals surface area contributed by atoms with Crippen LogP contribution in [-0.4, -0.2) is 0 Å². The van der Waals surface area contributed by atoms with Gasteiger partial charge in [-0.2, -0.15) is 0 Å². The van der Waals surface area contributed by atoms with Crippen LogP contribution in [-0.2, 0) is 0 Å². The van der Waals surface area contributed by atoms with Crippen LogP contribution >= 0.6 is 0 Å². The maximum Gasteiger partial charge on any atom is 0.0255 e. The Labute approximate surface area is 79.3 Å². The van der Waals surface area contributed by atoms with E-state index < -0.39 is 0 Å². The molecule has 0 aliphatic rings. The second-order valence-electron chi connectivity index (χ2n) is 2.39. The van der Waals surface area contributed by atoms with Crippen molar-refractivity contribution in [2.24, 2.45) is 0 Å². The fourth-order valence-electron chi connectivity index (χ4n) is 0.786. The largest absolute Gasteiger partial charge is 0.0792 e. The van der Waals surface area contributed by atoms with Gasteiger partial charge in [-0.25, -0.2) is 0 Å². The number of hydrogen-bond donors (Lipinski definition) is 0. The molecule has 0 radical (unpaired) electrons. The minimum atomic E-state index is 0.997. The topological polar surface area (TPSA) is 0 Å². The second-order valence-corrected chi connectivity index (χ2v) is 2.39. The standard InChI is InChI=1S/C13H10/c1-2-3-4-5-7-10-13-11-8-6-9-12-13/h2-3,6,8-9,11-12H,1H3/b3-2+. The Morgan fingerprint density at radius 2 is 1.85 bits per heavy atom. The van der Waals surface area contributed by atoms with E-state index in [2.05, 4.69) is 23.7 Å². The average Bonchev–Trinajstić information content (AvgIpc) is 2.19. The van der Waals surface area contributed by atoms with E-state index in [4.69, 9.17) is 0 Å². The van der Waals surface area contributed by atoms with Gasteiger partial charge in [0.05, 0.1) is 0 Å². The molecule has 0 fully saturated rings. The summed E-state index contributed by atoms with van der Waals surface area (Å²) in [6, 6.07) is 9.82. The highest BCUT2D eigenvalue weighted by Crippen LogP contribution is 1.93. The fourth-order valence-corrected chi connectivity index (χ4v) is 0.786. The summed E-state index contributed by atoms with van der Waals surface area (Å²) >= 11 is 0. The quantitative estimate of drug-likeness (QED) is 0.520. The number of hydrogen-bond acceptors (Lipinski definition) is 0. The predicted molar refractivity (Wildman–Crippen MR) is 55.9 cm³/mol. The first kappa shape index (κ1) is 9.17. The molecule has 0 amide bonds. The Kier molecular flexibility index (Phi) is 4.02. The number of allylic oxidation sites excluding steroid dienone is 2. The summed E-state index contributed by atoms with van der Waals surface area (Å²) < 4.78 is 0. The van der Waals surface area contributed by atoms with Gasteiger partial charge >= 0.3 is 0 Å². The lowest BCUT2D eigenvalue weighted by Crippen LogP contribution is -1.68. The van der Waals surface area contributed by atoms with E-state index in [1.165, 1.54) is 0 Å². The van der Waals surface area contributed by atoms with Crippen LogP contribution in [0.3, 0.4) is 0 Å². The third-order valence-electron chi connectivity index (χ3n) is 1.37. The first-order valence-corrected chi connectivity index (χ1v) is 4.11. The molecule has 1 aromatic rings. The van der Waals surface area contributed by atoms with Gasteiger partial charge in [-0.1, -0.05) is 36.1 Å². The van der Waals surface area contributed by atoms with E-state index in [0.29, 0.717) is 0 Å². The third-order valence-corrected chi connectivity index (χ3v) is 1.37. The predicted octanol–water partition coefficient (Wildman–Crippen LogP) is 2.62. The Morgan fingerprint density at radius 1 is 1.08 bits per heavy atom. The van der Waals surface area contributed by atoms with Gasteiger partial charge in [-0.3, -0.25) is 0 Å². The van der Waals surface area contributed by atoms with Gasteiger partial charge in [0.1, 0.15) is 0 Å². The molecule has 0 unspecified atom stereocenters. The Balaban J connectivity index is 2.65. The molecule has 0 heteroatoms. The summed E-state index contributed by atoms with van der Waals surface area (Å²) in [6.45, 7) is 1.93. The molecule has 0 spiro atoms. The van der Waals surface area contributed by atoms with Crippen LogP contribution < -0.4 is 0 Å². The highest BCUT2D eigenvalue weighted by atomic mass is 13.8. The third kappa shape index (κ3) is 3.85. The summed E-state index contributed by atoms with van der Waals surface area (Å²) in [5.74, 6) is 11.3. The molecular formula is C13H10. The van der Waals surface area contributed by atoms with E-state index >= 15 is 0 Å². The highest BCUT2D eigenvalue weighted by molar-refractivity contribution is 5.40. The molecule has 13 heavy (non-hydrogen) atoms. The van der Waals surface area contributed by atoms with Gasteiger partial charge in [0, 0.05) is 5.56 Å². The van der Waals surface area contributed by atoms with E-state index in [1.807, 2.05) is 43.3 Å². The number of rotatable bonds is 0. The molecular weight excluding hydrogens is 156 g/mol. The van der Waals surface area contributed by atoms with Crippen LogP contribution in [0, 0.1) is 23.7 Å². The van der Waals surface area contributed by atoms with Crippen LogP contribution in [0.2, 0.25) is 0 Å². The SMILES string of the molecule is C/C=C/C#CC#Cc1ccccc1. The van der Waals surface area contributed by atoms with Crippen molar-refractivity contribution in [3.63, 3.8) is 0 Å². The minimum absolute atomic E-state index is 0.997. The average molecular weight is 166 g/mol. The lowest BCUT2D eigenvalue weighted by molar-refractivity contribution is 1.65. The fraction of sp³-hybridized carbons (Fsp3) is 0.0769. The van der Waals surface area contributed by atoms with Crippen LogP contribution in [0.15, 0.2) is 42.5 Å². The molecule has 1 aromatic carbocycles.